The predicted octanol–water partition coefficient (Wildman–Crippen LogP) is 0.753. The number of hydrogen-bond donors (Lipinski definition) is 1. The van der Waals surface area contributed by atoms with Crippen molar-refractivity contribution in [3.05, 3.63) is 0 Å². The molecule has 1 unspecified atom stereocenters. The molecule has 2 aliphatic heterocycles. The fourth-order valence-corrected chi connectivity index (χ4v) is 2.71. The Bertz CT molecular complexity index is 239. The Morgan fingerprint density at radius 2 is 2.00 bits per heavy atom. The van der Waals surface area contributed by atoms with Crippen molar-refractivity contribution in [2.75, 3.05) is 26.3 Å². The van der Waals surface area contributed by atoms with Gasteiger partial charge in [0.05, 0.1) is 0 Å². The van der Waals surface area contributed by atoms with Crippen LogP contribution in [-0.2, 0) is 9.53 Å². The molecule has 0 spiro atoms. The lowest BCUT2D eigenvalue weighted by atomic mass is 9.94. The first kappa shape index (κ1) is 11.9. The van der Waals surface area contributed by atoms with Crippen LogP contribution in [0.25, 0.3) is 0 Å². The van der Waals surface area contributed by atoms with Crippen molar-refractivity contribution in [3.63, 3.8) is 0 Å². The molecular formula is C12H22N2O2. The molecule has 0 bridgehead atoms. The number of hydrogen-bond acceptors (Lipinski definition) is 3. The van der Waals surface area contributed by atoms with E-state index in [1.54, 1.807) is 0 Å². The Hall–Kier alpha value is -0.610. The molecule has 4 heteroatoms. The van der Waals surface area contributed by atoms with Gasteiger partial charge >= 0.3 is 0 Å². The van der Waals surface area contributed by atoms with E-state index >= 15 is 0 Å². The van der Waals surface area contributed by atoms with E-state index in [2.05, 4.69) is 0 Å². The highest BCUT2D eigenvalue weighted by atomic mass is 16.5. The summed E-state index contributed by atoms with van der Waals surface area (Å²) in [5.41, 5.74) is 5.74. The Morgan fingerprint density at radius 1 is 1.25 bits per heavy atom. The van der Waals surface area contributed by atoms with Gasteiger partial charge in [-0.25, -0.2) is 0 Å². The molecule has 2 fully saturated rings. The second-order valence-electron chi connectivity index (χ2n) is 4.80. The third-order valence-electron chi connectivity index (χ3n) is 3.75. The van der Waals surface area contributed by atoms with Crippen LogP contribution in [0.1, 0.15) is 32.1 Å². The highest BCUT2D eigenvalue weighted by Gasteiger charge is 2.31. The van der Waals surface area contributed by atoms with Gasteiger partial charge in [-0.2, -0.15) is 0 Å². The van der Waals surface area contributed by atoms with Crippen LogP contribution in [0.4, 0.5) is 0 Å². The van der Waals surface area contributed by atoms with Crippen LogP contribution in [0.5, 0.6) is 0 Å². The highest BCUT2D eigenvalue weighted by Crippen LogP contribution is 2.23. The number of rotatable bonds is 2. The molecule has 2 N–H and O–H groups in total. The number of carbonyl (C=O) groups is 1. The quantitative estimate of drug-likeness (QED) is 0.756. The minimum Gasteiger partial charge on any atom is -0.381 e. The van der Waals surface area contributed by atoms with E-state index in [9.17, 15) is 4.79 Å². The van der Waals surface area contributed by atoms with Gasteiger partial charge in [-0.1, -0.05) is 0 Å². The summed E-state index contributed by atoms with van der Waals surface area (Å²) in [6.45, 7) is 2.97. The zero-order chi connectivity index (χ0) is 11.4. The van der Waals surface area contributed by atoms with Gasteiger partial charge in [-0.05, 0) is 32.1 Å². The topological polar surface area (TPSA) is 55.6 Å². The summed E-state index contributed by atoms with van der Waals surface area (Å²) in [6.07, 6.45) is 5.18. The Balaban J connectivity index is 1.95. The van der Waals surface area contributed by atoms with E-state index < -0.39 is 0 Å². The van der Waals surface area contributed by atoms with Crippen molar-refractivity contribution in [1.29, 1.82) is 0 Å². The maximum absolute atomic E-state index is 12.3. The summed E-state index contributed by atoms with van der Waals surface area (Å²) in [6, 6.07) is 0.282. The first-order chi connectivity index (χ1) is 7.83. The summed E-state index contributed by atoms with van der Waals surface area (Å²) < 4.78 is 5.29. The standard InChI is InChI=1S/C12H22N2O2/c13-9-11-3-1-2-6-14(11)12(15)10-4-7-16-8-5-10/h10-11H,1-9,13H2. The van der Waals surface area contributed by atoms with E-state index in [0.717, 1.165) is 45.4 Å². The average molecular weight is 226 g/mol. The Morgan fingerprint density at radius 3 is 2.69 bits per heavy atom. The molecule has 2 rings (SSSR count). The Kier molecular flexibility index (Phi) is 4.18. The summed E-state index contributed by atoms with van der Waals surface area (Å²) >= 11 is 0. The molecule has 0 aliphatic carbocycles. The van der Waals surface area contributed by atoms with Crippen molar-refractivity contribution in [2.45, 2.75) is 38.1 Å². The minimum absolute atomic E-state index is 0.181. The number of nitrogens with two attached hydrogens (primary N) is 1. The zero-order valence-electron chi connectivity index (χ0n) is 9.86. The summed E-state index contributed by atoms with van der Waals surface area (Å²) in [7, 11) is 0. The normalized spacial score (nSPS) is 28.1. The van der Waals surface area contributed by atoms with Crippen LogP contribution in [0.15, 0.2) is 0 Å². The largest absolute Gasteiger partial charge is 0.381 e. The molecule has 16 heavy (non-hydrogen) atoms. The molecule has 0 saturated carbocycles. The molecule has 1 atom stereocenters. The van der Waals surface area contributed by atoms with Crippen LogP contribution in [0, 0.1) is 5.92 Å². The molecule has 92 valence electrons. The van der Waals surface area contributed by atoms with Crippen LogP contribution in [0.3, 0.4) is 0 Å². The molecular weight excluding hydrogens is 204 g/mol. The van der Waals surface area contributed by atoms with Crippen molar-refractivity contribution in [3.8, 4) is 0 Å². The summed E-state index contributed by atoms with van der Waals surface area (Å²) in [5, 5.41) is 0. The van der Waals surface area contributed by atoms with E-state index in [0.29, 0.717) is 12.5 Å². The maximum atomic E-state index is 12.3. The number of carbonyl (C=O) groups excluding carboxylic acids is 1. The maximum Gasteiger partial charge on any atom is 0.226 e. The van der Waals surface area contributed by atoms with E-state index in [-0.39, 0.29) is 12.0 Å². The molecule has 2 aliphatic rings. The highest BCUT2D eigenvalue weighted by molar-refractivity contribution is 5.79. The summed E-state index contributed by atoms with van der Waals surface area (Å²) in [4.78, 5) is 14.4. The second kappa shape index (κ2) is 5.64. The molecule has 0 aromatic heterocycles. The number of piperidine rings is 1. The lowest BCUT2D eigenvalue weighted by Crippen LogP contribution is -2.50. The van der Waals surface area contributed by atoms with Crippen LogP contribution in [-0.4, -0.2) is 43.2 Å². The smallest absolute Gasteiger partial charge is 0.226 e. The van der Waals surface area contributed by atoms with Crippen molar-refractivity contribution >= 4 is 5.91 Å². The average Bonchev–Trinajstić information content (AvgIpc) is 2.39. The molecule has 2 heterocycles. The monoisotopic (exact) mass is 226 g/mol. The molecule has 2 saturated heterocycles. The zero-order valence-corrected chi connectivity index (χ0v) is 9.86. The minimum atomic E-state index is 0.181. The van der Waals surface area contributed by atoms with Gasteiger partial charge in [0.15, 0.2) is 0 Å². The van der Waals surface area contributed by atoms with E-state index in [1.807, 2.05) is 4.90 Å². The van der Waals surface area contributed by atoms with Crippen LogP contribution >= 0.6 is 0 Å². The molecule has 0 aromatic carbocycles. The van der Waals surface area contributed by atoms with Crippen molar-refractivity contribution < 1.29 is 9.53 Å². The summed E-state index contributed by atoms with van der Waals surface area (Å²) in [5.74, 6) is 0.499. The van der Waals surface area contributed by atoms with Gasteiger partial charge in [0.1, 0.15) is 0 Å². The first-order valence-corrected chi connectivity index (χ1v) is 6.41. The van der Waals surface area contributed by atoms with Gasteiger partial charge < -0.3 is 15.4 Å². The number of nitrogens with zero attached hydrogens (tertiary/aromatic N) is 1. The number of likely N-dealkylation sites (tertiary alicyclic amines) is 1. The molecule has 4 nitrogen and oxygen atoms in total. The van der Waals surface area contributed by atoms with Gasteiger partial charge in [0.2, 0.25) is 5.91 Å². The molecule has 0 radical (unpaired) electrons. The molecule has 1 amide bonds. The SMILES string of the molecule is NCC1CCCCN1C(=O)C1CCOCC1. The fraction of sp³-hybridized carbons (Fsp3) is 0.917. The predicted molar refractivity (Wildman–Crippen MR) is 61.9 cm³/mol. The first-order valence-electron chi connectivity index (χ1n) is 6.41. The number of ether oxygens (including phenoxy) is 1. The van der Waals surface area contributed by atoms with E-state index in [1.165, 1.54) is 6.42 Å². The lowest BCUT2D eigenvalue weighted by Gasteiger charge is -2.38. The van der Waals surface area contributed by atoms with E-state index in [4.69, 9.17) is 10.5 Å². The van der Waals surface area contributed by atoms with Gasteiger partial charge in [-0.3, -0.25) is 4.79 Å². The fourth-order valence-electron chi connectivity index (χ4n) is 2.71. The van der Waals surface area contributed by atoms with Gasteiger partial charge in [0, 0.05) is 38.3 Å². The second-order valence-corrected chi connectivity index (χ2v) is 4.80. The third kappa shape index (κ3) is 2.55. The van der Waals surface area contributed by atoms with Crippen LogP contribution in [0.2, 0.25) is 0 Å². The number of amides is 1. The van der Waals surface area contributed by atoms with Crippen LogP contribution < -0.4 is 5.73 Å². The third-order valence-corrected chi connectivity index (χ3v) is 3.75. The van der Waals surface area contributed by atoms with Crippen molar-refractivity contribution in [1.82, 2.24) is 4.90 Å². The van der Waals surface area contributed by atoms with Gasteiger partial charge in [0.25, 0.3) is 0 Å². The lowest BCUT2D eigenvalue weighted by molar-refractivity contribution is -0.142. The van der Waals surface area contributed by atoms with Crippen molar-refractivity contribution in [2.24, 2.45) is 11.7 Å². The van der Waals surface area contributed by atoms with Gasteiger partial charge in [-0.15, -0.1) is 0 Å². The Labute approximate surface area is 97.1 Å². The molecule has 0 aromatic rings.